The highest BCUT2D eigenvalue weighted by molar-refractivity contribution is 5.96. The molecule has 3 N–H and O–H groups in total. The van der Waals surface area contributed by atoms with E-state index < -0.39 is 0 Å². The summed E-state index contributed by atoms with van der Waals surface area (Å²) in [5, 5.41) is 3.00. The first-order chi connectivity index (χ1) is 9.58. The summed E-state index contributed by atoms with van der Waals surface area (Å²) in [6, 6.07) is 5.45. The monoisotopic (exact) mass is 273 g/mol. The SMILES string of the molecule is CN(C)c1ccc(C(=O)NCC2CC=CCC2)cc1N. The highest BCUT2D eigenvalue weighted by Crippen LogP contribution is 2.22. The number of nitrogens with zero attached hydrogens (tertiary/aromatic N) is 1. The lowest BCUT2D eigenvalue weighted by Crippen LogP contribution is -2.29. The van der Waals surface area contributed by atoms with E-state index in [9.17, 15) is 4.79 Å². The molecule has 0 saturated carbocycles. The standard InChI is InChI=1S/C16H23N3O/c1-19(2)15-9-8-13(10-14(15)17)16(20)18-11-12-6-4-3-5-7-12/h3-4,8-10,12H,5-7,11,17H2,1-2H3,(H,18,20). The number of carbonyl (C=O) groups excluding carboxylic acids is 1. The van der Waals surface area contributed by atoms with Crippen LogP contribution in [0.25, 0.3) is 0 Å². The molecule has 0 bridgehead atoms. The maximum absolute atomic E-state index is 12.1. The molecule has 2 rings (SSSR count). The van der Waals surface area contributed by atoms with Gasteiger partial charge in [0.1, 0.15) is 0 Å². The third kappa shape index (κ3) is 3.53. The van der Waals surface area contributed by atoms with E-state index in [-0.39, 0.29) is 5.91 Å². The normalized spacial score (nSPS) is 17.8. The highest BCUT2D eigenvalue weighted by Gasteiger charge is 2.13. The van der Waals surface area contributed by atoms with Gasteiger partial charge in [-0.2, -0.15) is 0 Å². The minimum absolute atomic E-state index is 0.0449. The molecule has 0 radical (unpaired) electrons. The summed E-state index contributed by atoms with van der Waals surface area (Å²) >= 11 is 0. The Morgan fingerprint density at radius 1 is 1.40 bits per heavy atom. The molecule has 0 saturated heterocycles. The van der Waals surface area contributed by atoms with Gasteiger partial charge >= 0.3 is 0 Å². The maximum atomic E-state index is 12.1. The molecule has 1 aromatic carbocycles. The smallest absolute Gasteiger partial charge is 0.251 e. The molecule has 108 valence electrons. The zero-order chi connectivity index (χ0) is 14.5. The minimum atomic E-state index is -0.0449. The van der Waals surface area contributed by atoms with Crippen molar-refractivity contribution in [3.05, 3.63) is 35.9 Å². The highest BCUT2D eigenvalue weighted by atomic mass is 16.1. The summed E-state index contributed by atoms with van der Waals surface area (Å²) < 4.78 is 0. The Morgan fingerprint density at radius 2 is 2.20 bits per heavy atom. The topological polar surface area (TPSA) is 58.4 Å². The third-order valence-corrected chi connectivity index (χ3v) is 3.70. The number of allylic oxidation sites excluding steroid dienone is 2. The van der Waals surface area contributed by atoms with E-state index in [1.54, 1.807) is 6.07 Å². The maximum Gasteiger partial charge on any atom is 0.251 e. The van der Waals surface area contributed by atoms with Crippen LogP contribution < -0.4 is 16.0 Å². The van der Waals surface area contributed by atoms with Crippen LogP contribution in [0.2, 0.25) is 0 Å². The Balaban J connectivity index is 1.95. The van der Waals surface area contributed by atoms with Crippen LogP contribution in [0.4, 0.5) is 11.4 Å². The molecule has 0 fully saturated rings. The van der Waals surface area contributed by atoms with Crippen molar-refractivity contribution in [2.24, 2.45) is 5.92 Å². The first-order valence-corrected chi connectivity index (χ1v) is 7.08. The number of nitrogen functional groups attached to an aromatic ring is 1. The average molecular weight is 273 g/mol. The zero-order valence-corrected chi connectivity index (χ0v) is 12.2. The summed E-state index contributed by atoms with van der Waals surface area (Å²) in [6.45, 7) is 0.735. The molecule has 1 aliphatic carbocycles. The van der Waals surface area contributed by atoms with Crippen LogP contribution in [-0.2, 0) is 0 Å². The van der Waals surface area contributed by atoms with Crippen molar-refractivity contribution in [2.75, 3.05) is 31.3 Å². The van der Waals surface area contributed by atoms with Gasteiger partial charge in [-0.15, -0.1) is 0 Å². The number of amides is 1. The average Bonchev–Trinajstić information content (AvgIpc) is 2.45. The van der Waals surface area contributed by atoms with E-state index in [2.05, 4.69) is 17.5 Å². The Labute approximate surface area is 120 Å². The number of anilines is 2. The summed E-state index contributed by atoms with van der Waals surface area (Å²) in [6.07, 6.45) is 7.73. The van der Waals surface area contributed by atoms with Gasteiger partial charge in [-0.05, 0) is 43.4 Å². The summed E-state index contributed by atoms with van der Waals surface area (Å²) in [7, 11) is 3.87. The Hall–Kier alpha value is -1.97. The van der Waals surface area contributed by atoms with Crippen LogP contribution >= 0.6 is 0 Å². The molecule has 0 aromatic heterocycles. The van der Waals surface area contributed by atoms with Gasteiger partial charge in [-0.1, -0.05) is 12.2 Å². The molecule has 1 aromatic rings. The van der Waals surface area contributed by atoms with Crippen molar-refractivity contribution in [1.82, 2.24) is 5.32 Å². The van der Waals surface area contributed by atoms with Crippen molar-refractivity contribution in [3.63, 3.8) is 0 Å². The van der Waals surface area contributed by atoms with E-state index in [1.807, 2.05) is 31.1 Å². The van der Waals surface area contributed by atoms with Gasteiger partial charge in [0.25, 0.3) is 5.91 Å². The molecule has 4 nitrogen and oxygen atoms in total. The second-order valence-electron chi connectivity index (χ2n) is 5.53. The van der Waals surface area contributed by atoms with Crippen LogP contribution in [0.3, 0.4) is 0 Å². The Bertz CT molecular complexity index is 508. The largest absolute Gasteiger partial charge is 0.397 e. The fourth-order valence-electron chi connectivity index (χ4n) is 2.48. The second kappa shape index (κ2) is 6.46. The van der Waals surface area contributed by atoms with E-state index in [4.69, 9.17) is 5.73 Å². The summed E-state index contributed by atoms with van der Waals surface area (Å²) in [5.74, 6) is 0.513. The van der Waals surface area contributed by atoms with E-state index in [1.165, 1.54) is 0 Å². The Morgan fingerprint density at radius 3 is 2.80 bits per heavy atom. The predicted octanol–water partition coefficient (Wildman–Crippen LogP) is 2.42. The number of benzene rings is 1. The minimum Gasteiger partial charge on any atom is -0.397 e. The van der Waals surface area contributed by atoms with Crippen LogP contribution in [0.1, 0.15) is 29.6 Å². The molecule has 1 atom stereocenters. The summed E-state index contributed by atoms with van der Waals surface area (Å²) in [4.78, 5) is 14.1. The lowest BCUT2D eigenvalue weighted by Gasteiger charge is -2.19. The van der Waals surface area contributed by atoms with Crippen LogP contribution in [0.15, 0.2) is 30.4 Å². The summed E-state index contributed by atoms with van der Waals surface area (Å²) in [5.41, 5.74) is 8.15. The number of nitrogens with two attached hydrogens (primary N) is 1. The first-order valence-electron chi connectivity index (χ1n) is 7.08. The lowest BCUT2D eigenvalue weighted by molar-refractivity contribution is 0.0946. The van der Waals surface area contributed by atoms with E-state index >= 15 is 0 Å². The van der Waals surface area contributed by atoms with Gasteiger partial charge in [0.2, 0.25) is 0 Å². The molecule has 0 spiro atoms. The Kier molecular flexibility index (Phi) is 4.66. The molecule has 1 aliphatic rings. The molecular formula is C16H23N3O. The van der Waals surface area contributed by atoms with Crippen molar-refractivity contribution in [1.29, 1.82) is 0 Å². The number of carbonyl (C=O) groups is 1. The molecule has 0 aliphatic heterocycles. The molecule has 0 heterocycles. The van der Waals surface area contributed by atoms with Gasteiger partial charge < -0.3 is 16.0 Å². The molecule has 20 heavy (non-hydrogen) atoms. The van der Waals surface area contributed by atoms with Crippen LogP contribution in [0, 0.1) is 5.92 Å². The second-order valence-corrected chi connectivity index (χ2v) is 5.53. The number of hydrogen-bond acceptors (Lipinski definition) is 3. The third-order valence-electron chi connectivity index (χ3n) is 3.70. The fourth-order valence-corrected chi connectivity index (χ4v) is 2.48. The molecule has 1 amide bonds. The fraction of sp³-hybridized carbons (Fsp3) is 0.438. The molecule has 1 unspecified atom stereocenters. The predicted molar refractivity (Wildman–Crippen MR) is 84.0 cm³/mol. The van der Waals surface area contributed by atoms with Gasteiger partial charge in [0.15, 0.2) is 0 Å². The molecule has 4 heteroatoms. The number of nitrogens with one attached hydrogen (secondary N) is 1. The van der Waals surface area contributed by atoms with Gasteiger partial charge in [-0.25, -0.2) is 0 Å². The van der Waals surface area contributed by atoms with Crippen molar-refractivity contribution in [2.45, 2.75) is 19.3 Å². The van der Waals surface area contributed by atoms with Gasteiger partial charge in [0.05, 0.1) is 11.4 Å². The van der Waals surface area contributed by atoms with Crippen molar-refractivity contribution < 1.29 is 4.79 Å². The van der Waals surface area contributed by atoms with Crippen molar-refractivity contribution in [3.8, 4) is 0 Å². The zero-order valence-electron chi connectivity index (χ0n) is 12.2. The van der Waals surface area contributed by atoms with Crippen LogP contribution in [0.5, 0.6) is 0 Å². The number of rotatable bonds is 4. The van der Waals surface area contributed by atoms with E-state index in [0.29, 0.717) is 17.2 Å². The van der Waals surface area contributed by atoms with Gasteiger partial charge in [0, 0.05) is 26.2 Å². The van der Waals surface area contributed by atoms with Crippen molar-refractivity contribution >= 4 is 17.3 Å². The number of hydrogen-bond donors (Lipinski definition) is 2. The van der Waals surface area contributed by atoms with E-state index in [0.717, 1.165) is 31.5 Å². The molecular weight excluding hydrogens is 250 g/mol. The first kappa shape index (κ1) is 14.4. The lowest BCUT2D eigenvalue weighted by atomic mass is 9.94. The van der Waals surface area contributed by atoms with Crippen LogP contribution in [-0.4, -0.2) is 26.5 Å². The van der Waals surface area contributed by atoms with Gasteiger partial charge in [-0.3, -0.25) is 4.79 Å². The quantitative estimate of drug-likeness (QED) is 0.654.